The highest BCUT2D eigenvalue weighted by Crippen LogP contribution is 1.96. The van der Waals surface area contributed by atoms with Crippen molar-refractivity contribution in [3.63, 3.8) is 0 Å². The molecule has 4 heteroatoms. The van der Waals surface area contributed by atoms with Gasteiger partial charge in [-0.15, -0.1) is 0 Å². The van der Waals surface area contributed by atoms with Gasteiger partial charge in [-0.3, -0.25) is 9.59 Å². The SMILES string of the molecule is CC=C1C(=O)NCCNC1=O. The average molecular weight is 154 g/mol. The number of rotatable bonds is 0. The lowest BCUT2D eigenvalue weighted by Crippen LogP contribution is -2.26. The average Bonchev–Trinajstić information content (AvgIpc) is 2.12. The Labute approximate surface area is 64.7 Å². The third kappa shape index (κ3) is 1.58. The summed E-state index contributed by atoms with van der Waals surface area (Å²) in [6, 6.07) is 0. The predicted molar refractivity (Wildman–Crippen MR) is 39.8 cm³/mol. The maximum absolute atomic E-state index is 11.0. The Morgan fingerprint density at radius 3 is 2.00 bits per heavy atom. The van der Waals surface area contributed by atoms with Crippen molar-refractivity contribution in [3.8, 4) is 0 Å². The van der Waals surface area contributed by atoms with E-state index in [-0.39, 0.29) is 17.4 Å². The normalized spacial score (nSPS) is 18.5. The summed E-state index contributed by atoms with van der Waals surface area (Å²) in [6.45, 7) is 2.67. The zero-order valence-corrected chi connectivity index (χ0v) is 6.31. The summed E-state index contributed by atoms with van der Waals surface area (Å²) in [5, 5.41) is 5.17. The first-order valence-corrected chi connectivity index (χ1v) is 3.48. The Hall–Kier alpha value is -1.32. The summed E-state index contributed by atoms with van der Waals surface area (Å²) >= 11 is 0. The molecule has 0 aliphatic carbocycles. The zero-order valence-electron chi connectivity index (χ0n) is 6.31. The van der Waals surface area contributed by atoms with E-state index in [9.17, 15) is 9.59 Å². The van der Waals surface area contributed by atoms with E-state index in [2.05, 4.69) is 10.6 Å². The van der Waals surface area contributed by atoms with Crippen molar-refractivity contribution in [2.75, 3.05) is 13.1 Å². The summed E-state index contributed by atoms with van der Waals surface area (Å²) in [5.41, 5.74) is 0.197. The molecule has 11 heavy (non-hydrogen) atoms. The summed E-state index contributed by atoms with van der Waals surface area (Å²) in [6.07, 6.45) is 1.51. The van der Waals surface area contributed by atoms with E-state index in [0.29, 0.717) is 13.1 Å². The monoisotopic (exact) mass is 154 g/mol. The molecule has 0 atom stereocenters. The molecule has 1 fully saturated rings. The lowest BCUT2D eigenvalue weighted by atomic mass is 10.2. The molecule has 0 saturated carbocycles. The number of carbonyl (C=O) groups excluding carboxylic acids is 2. The van der Waals surface area contributed by atoms with Crippen LogP contribution in [0.2, 0.25) is 0 Å². The molecule has 1 heterocycles. The van der Waals surface area contributed by atoms with Gasteiger partial charge in [-0.1, -0.05) is 6.08 Å². The van der Waals surface area contributed by atoms with Crippen LogP contribution in [0.1, 0.15) is 6.92 Å². The number of allylic oxidation sites excluding steroid dienone is 1. The molecule has 1 aliphatic heterocycles. The fourth-order valence-corrected chi connectivity index (χ4v) is 0.908. The smallest absolute Gasteiger partial charge is 0.256 e. The van der Waals surface area contributed by atoms with Crippen LogP contribution in [0.25, 0.3) is 0 Å². The van der Waals surface area contributed by atoms with Crippen molar-refractivity contribution in [1.82, 2.24) is 10.6 Å². The van der Waals surface area contributed by atoms with Gasteiger partial charge in [0.15, 0.2) is 0 Å². The van der Waals surface area contributed by atoms with Crippen LogP contribution in [-0.4, -0.2) is 24.9 Å². The first kappa shape index (κ1) is 7.78. The summed E-state index contributed by atoms with van der Waals surface area (Å²) < 4.78 is 0. The molecule has 0 aromatic carbocycles. The highest BCUT2D eigenvalue weighted by molar-refractivity contribution is 6.18. The van der Waals surface area contributed by atoms with E-state index in [1.54, 1.807) is 6.92 Å². The third-order valence-corrected chi connectivity index (χ3v) is 1.47. The molecule has 0 aromatic rings. The minimum Gasteiger partial charge on any atom is -0.350 e. The Bertz CT molecular complexity index is 200. The van der Waals surface area contributed by atoms with Crippen molar-refractivity contribution in [2.24, 2.45) is 0 Å². The first-order chi connectivity index (χ1) is 5.25. The molecule has 0 spiro atoms. The quantitative estimate of drug-likeness (QED) is 0.354. The molecular formula is C7H10N2O2. The van der Waals surface area contributed by atoms with E-state index in [1.165, 1.54) is 6.08 Å². The highest BCUT2D eigenvalue weighted by Gasteiger charge is 2.18. The van der Waals surface area contributed by atoms with Crippen LogP contribution in [0, 0.1) is 0 Å². The van der Waals surface area contributed by atoms with Crippen LogP contribution < -0.4 is 10.6 Å². The molecule has 2 N–H and O–H groups in total. The third-order valence-electron chi connectivity index (χ3n) is 1.47. The van der Waals surface area contributed by atoms with Crippen LogP contribution in [-0.2, 0) is 9.59 Å². The summed E-state index contributed by atoms with van der Waals surface area (Å²) in [7, 11) is 0. The molecule has 0 radical (unpaired) electrons. The molecule has 0 aromatic heterocycles. The standard InChI is InChI=1S/C7H10N2O2/c1-2-5-6(10)8-3-4-9-7(5)11/h2H,3-4H2,1H3,(H,8,10)(H,9,11). The zero-order chi connectivity index (χ0) is 8.27. The van der Waals surface area contributed by atoms with Gasteiger partial charge in [0.25, 0.3) is 11.8 Å². The van der Waals surface area contributed by atoms with Gasteiger partial charge >= 0.3 is 0 Å². The predicted octanol–water partition coefficient (Wildman–Crippen LogP) is -0.821. The number of nitrogens with one attached hydrogen (secondary N) is 2. The highest BCUT2D eigenvalue weighted by atomic mass is 16.2. The minimum absolute atomic E-state index is 0.197. The second-order valence-electron chi connectivity index (χ2n) is 2.21. The molecular weight excluding hydrogens is 144 g/mol. The fraction of sp³-hybridized carbons (Fsp3) is 0.429. The van der Waals surface area contributed by atoms with Gasteiger partial charge in [0.1, 0.15) is 0 Å². The van der Waals surface area contributed by atoms with E-state index in [0.717, 1.165) is 0 Å². The Balaban J connectivity index is 2.84. The number of amides is 2. The fourth-order valence-electron chi connectivity index (χ4n) is 0.908. The minimum atomic E-state index is -0.289. The lowest BCUT2D eigenvalue weighted by Gasteiger charge is -1.97. The van der Waals surface area contributed by atoms with E-state index in [4.69, 9.17) is 0 Å². The van der Waals surface area contributed by atoms with Crippen LogP contribution in [0.5, 0.6) is 0 Å². The van der Waals surface area contributed by atoms with Gasteiger partial charge in [-0.25, -0.2) is 0 Å². The largest absolute Gasteiger partial charge is 0.350 e. The van der Waals surface area contributed by atoms with Crippen LogP contribution in [0.4, 0.5) is 0 Å². The van der Waals surface area contributed by atoms with Crippen molar-refractivity contribution in [1.29, 1.82) is 0 Å². The van der Waals surface area contributed by atoms with E-state index in [1.807, 2.05) is 0 Å². The topological polar surface area (TPSA) is 58.2 Å². The van der Waals surface area contributed by atoms with E-state index >= 15 is 0 Å². The molecule has 0 bridgehead atoms. The van der Waals surface area contributed by atoms with Gasteiger partial charge in [-0.2, -0.15) is 0 Å². The maximum Gasteiger partial charge on any atom is 0.256 e. The van der Waals surface area contributed by atoms with Crippen molar-refractivity contribution in [2.45, 2.75) is 6.92 Å². The molecule has 60 valence electrons. The number of hydrogen-bond acceptors (Lipinski definition) is 2. The van der Waals surface area contributed by atoms with Crippen molar-refractivity contribution < 1.29 is 9.59 Å². The van der Waals surface area contributed by atoms with Crippen molar-refractivity contribution >= 4 is 11.8 Å². The van der Waals surface area contributed by atoms with Gasteiger partial charge in [0.05, 0.1) is 5.57 Å². The van der Waals surface area contributed by atoms with Crippen LogP contribution in [0.3, 0.4) is 0 Å². The molecule has 4 nitrogen and oxygen atoms in total. The molecule has 2 amide bonds. The first-order valence-electron chi connectivity index (χ1n) is 3.48. The summed E-state index contributed by atoms with van der Waals surface area (Å²) in [5.74, 6) is -0.579. The molecule has 1 aliphatic rings. The second-order valence-corrected chi connectivity index (χ2v) is 2.21. The number of hydrogen-bond donors (Lipinski definition) is 2. The summed E-state index contributed by atoms with van der Waals surface area (Å²) in [4.78, 5) is 22.0. The van der Waals surface area contributed by atoms with E-state index < -0.39 is 0 Å². The Morgan fingerprint density at radius 1 is 1.18 bits per heavy atom. The van der Waals surface area contributed by atoms with Gasteiger partial charge in [0.2, 0.25) is 0 Å². The van der Waals surface area contributed by atoms with Crippen LogP contribution in [0.15, 0.2) is 11.6 Å². The van der Waals surface area contributed by atoms with Gasteiger partial charge in [-0.05, 0) is 6.92 Å². The Kier molecular flexibility index (Phi) is 2.25. The van der Waals surface area contributed by atoms with Gasteiger partial charge in [0, 0.05) is 13.1 Å². The van der Waals surface area contributed by atoms with Crippen LogP contribution >= 0.6 is 0 Å². The maximum atomic E-state index is 11.0. The van der Waals surface area contributed by atoms with Gasteiger partial charge < -0.3 is 10.6 Å². The molecule has 1 rings (SSSR count). The second kappa shape index (κ2) is 3.18. The Morgan fingerprint density at radius 2 is 1.64 bits per heavy atom. The van der Waals surface area contributed by atoms with Crippen molar-refractivity contribution in [3.05, 3.63) is 11.6 Å². The molecule has 1 saturated heterocycles. The molecule has 0 unspecified atom stereocenters. The lowest BCUT2D eigenvalue weighted by molar-refractivity contribution is -0.122. The number of carbonyl (C=O) groups is 2.